The largest absolute Gasteiger partial charge is 0.309 e. The van der Waals surface area contributed by atoms with Crippen LogP contribution < -0.4 is 0 Å². The molecule has 0 radical (unpaired) electrons. The average molecular weight is 448 g/mol. The van der Waals surface area contributed by atoms with Crippen LogP contribution in [0.2, 0.25) is 0 Å². The first-order valence-corrected chi connectivity index (χ1v) is 10.8. The molecule has 5 rings (SSSR count). The zero-order valence-corrected chi connectivity index (χ0v) is 18.2. The SMILES string of the molecule is CC(=O)c1c(-c2ccc(C)cc2)c2c3n(c(-c4ccc(Br)cc4)nn13)CCCC2. The van der Waals surface area contributed by atoms with Gasteiger partial charge in [-0.15, -0.1) is 5.10 Å². The molecule has 146 valence electrons. The van der Waals surface area contributed by atoms with Crippen molar-refractivity contribution < 1.29 is 4.79 Å². The standard InChI is InChI=1S/C24H22BrN3O/c1-15-6-8-17(9-7-15)21-20-5-3-4-14-27-23(18-10-12-19(25)13-11-18)26-28(24(20)27)22(21)16(2)29/h6-13H,3-5,14H2,1-2H3. The highest BCUT2D eigenvalue weighted by atomic mass is 79.9. The van der Waals surface area contributed by atoms with Gasteiger partial charge in [0.05, 0.1) is 0 Å². The topological polar surface area (TPSA) is 39.3 Å². The Balaban J connectivity index is 1.84. The van der Waals surface area contributed by atoms with E-state index >= 15 is 0 Å². The molecular weight excluding hydrogens is 426 g/mol. The molecule has 1 aliphatic heterocycles. The van der Waals surface area contributed by atoms with Crippen LogP contribution in [0.5, 0.6) is 0 Å². The second-order valence-corrected chi connectivity index (χ2v) is 8.71. The summed E-state index contributed by atoms with van der Waals surface area (Å²) in [4.78, 5) is 12.8. The third-order valence-corrected chi connectivity index (χ3v) is 6.29. The van der Waals surface area contributed by atoms with Crippen LogP contribution in [0.15, 0.2) is 53.0 Å². The maximum atomic E-state index is 12.8. The van der Waals surface area contributed by atoms with Crippen LogP contribution in [0.1, 0.15) is 41.4 Å². The summed E-state index contributed by atoms with van der Waals surface area (Å²) < 4.78 is 5.24. The molecule has 2 aromatic heterocycles. The number of hydrogen-bond acceptors (Lipinski definition) is 2. The second kappa shape index (κ2) is 6.99. The van der Waals surface area contributed by atoms with E-state index < -0.39 is 0 Å². The lowest BCUT2D eigenvalue weighted by Gasteiger charge is -2.08. The van der Waals surface area contributed by atoms with Crippen LogP contribution in [0.3, 0.4) is 0 Å². The molecule has 0 saturated carbocycles. The first-order chi connectivity index (χ1) is 14.0. The lowest BCUT2D eigenvalue weighted by Crippen LogP contribution is -2.02. The lowest BCUT2D eigenvalue weighted by molar-refractivity contribution is 0.101. The number of hydrogen-bond donors (Lipinski definition) is 0. The zero-order valence-electron chi connectivity index (χ0n) is 16.6. The van der Waals surface area contributed by atoms with Crippen molar-refractivity contribution in [3.05, 3.63) is 69.8 Å². The zero-order chi connectivity index (χ0) is 20.1. The second-order valence-electron chi connectivity index (χ2n) is 7.80. The molecule has 1 aliphatic rings. The highest BCUT2D eigenvalue weighted by molar-refractivity contribution is 9.10. The molecule has 0 unspecified atom stereocenters. The van der Waals surface area contributed by atoms with Gasteiger partial charge in [0.1, 0.15) is 11.3 Å². The fourth-order valence-electron chi connectivity index (χ4n) is 4.41. The van der Waals surface area contributed by atoms with Gasteiger partial charge in [-0.1, -0.05) is 57.9 Å². The van der Waals surface area contributed by atoms with Gasteiger partial charge in [0, 0.05) is 34.6 Å². The Hall–Kier alpha value is -2.66. The molecule has 0 bridgehead atoms. The molecule has 0 amide bonds. The van der Waals surface area contributed by atoms with Crippen molar-refractivity contribution in [1.82, 2.24) is 14.2 Å². The minimum absolute atomic E-state index is 0.0504. The first kappa shape index (κ1) is 18.4. The van der Waals surface area contributed by atoms with Crippen LogP contribution in [-0.2, 0) is 13.0 Å². The molecule has 0 fully saturated rings. The van der Waals surface area contributed by atoms with E-state index in [-0.39, 0.29) is 5.78 Å². The summed E-state index contributed by atoms with van der Waals surface area (Å²) in [5, 5.41) is 4.95. The molecule has 4 aromatic rings. The minimum atomic E-state index is 0.0504. The van der Waals surface area contributed by atoms with Crippen LogP contribution in [0.25, 0.3) is 28.2 Å². The fraction of sp³-hybridized carbons (Fsp3) is 0.250. The predicted molar refractivity (Wildman–Crippen MR) is 119 cm³/mol. The Morgan fingerprint density at radius 1 is 1.00 bits per heavy atom. The summed E-state index contributed by atoms with van der Waals surface area (Å²) in [7, 11) is 0. The van der Waals surface area contributed by atoms with E-state index in [0.29, 0.717) is 5.69 Å². The highest BCUT2D eigenvalue weighted by Crippen LogP contribution is 2.38. The molecule has 0 saturated heterocycles. The summed E-state index contributed by atoms with van der Waals surface area (Å²) in [6, 6.07) is 16.7. The smallest absolute Gasteiger partial charge is 0.178 e. The Morgan fingerprint density at radius 2 is 1.69 bits per heavy atom. The molecular formula is C24H22BrN3O. The van der Waals surface area contributed by atoms with E-state index in [2.05, 4.69) is 63.8 Å². The molecule has 2 aromatic carbocycles. The molecule has 5 heteroatoms. The highest BCUT2D eigenvalue weighted by Gasteiger charge is 2.29. The van der Waals surface area contributed by atoms with Crippen LogP contribution in [0, 0.1) is 6.92 Å². The number of aromatic nitrogens is 3. The van der Waals surface area contributed by atoms with Crippen LogP contribution >= 0.6 is 15.9 Å². The summed E-state index contributed by atoms with van der Waals surface area (Å²) in [6.45, 7) is 4.64. The van der Waals surface area contributed by atoms with E-state index in [4.69, 9.17) is 5.10 Å². The van der Waals surface area contributed by atoms with Crippen molar-refractivity contribution in [3.8, 4) is 22.5 Å². The van der Waals surface area contributed by atoms with Crippen molar-refractivity contribution in [2.45, 2.75) is 39.7 Å². The maximum Gasteiger partial charge on any atom is 0.178 e. The average Bonchev–Trinajstić information content (AvgIpc) is 3.12. The van der Waals surface area contributed by atoms with E-state index in [1.165, 1.54) is 11.1 Å². The van der Waals surface area contributed by atoms with E-state index in [1.807, 2.05) is 16.6 Å². The van der Waals surface area contributed by atoms with Crippen molar-refractivity contribution in [2.75, 3.05) is 0 Å². The fourth-order valence-corrected chi connectivity index (χ4v) is 4.67. The molecule has 29 heavy (non-hydrogen) atoms. The summed E-state index contributed by atoms with van der Waals surface area (Å²) in [6.07, 6.45) is 3.18. The number of carbonyl (C=O) groups excluding carboxylic acids is 1. The number of carbonyl (C=O) groups is 1. The summed E-state index contributed by atoms with van der Waals surface area (Å²) >= 11 is 3.51. The van der Waals surface area contributed by atoms with Gasteiger partial charge in [0.15, 0.2) is 11.6 Å². The third kappa shape index (κ3) is 2.96. The molecule has 4 nitrogen and oxygen atoms in total. The molecule has 0 atom stereocenters. The van der Waals surface area contributed by atoms with E-state index in [1.54, 1.807) is 6.92 Å². The number of rotatable bonds is 3. The Kier molecular flexibility index (Phi) is 4.43. The van der Waals surface area contributed by atoms with Gasteiger partial charge in [-0.25, -0.2) is 4.52 Å². The van der Waals surface area contributed by atoms with Gasteiger partial charge in [0.25, 0.3) is 0 Å². The maximum absolute atomic E-state index is 12.8. The number of aryl methyl sites for hydroxylation is 3. The van der Waals surface area contributed by atoms with Crippen LogP contribution in [-0.4, -0.2) is 20.0 Å². The predicted octanol–water partition coefficient (Wildman–Crippen LogP) is 6.08. The quantitative estimate of drug-likeness (QED) is 0.357. The van der Waals surface area contributed by atoms with Crippen LogP contribution in [0.4, 0.5) is 0 Å². The molecule has 0 aliphatic carbocycles. The summed E-state index contributed by atoms with van der Waals surface area (Å²) in [5.74, 6) is 0.975. The number of nitrogens with zero attached hydrogens (tertiary/aromatic N) is 3. The molecule has 0 N–H and O–H groups in total. The molecule has 3 heterocycles. The summed E-state index contributed by atoms with van der Waals surface area (Å²) in [5.41, 5.74) is 7.44. The van der Waals surface area contributed by atoms with Gasteiger partial charge < -0.3 is 4.57 Å². The third-order valence-electron chi connectivity index (χ3n) is 5.76. The monoisotopic (exact) mass is 447 g/mol. The Labute approximate surface area is 178 Å². The first-order valence-electron chi connectivity index (χ1n) is 10.0. The lowest BCUT2D eigenvalue weighted by atomic mass is 9.96. The van der Waals surface area contributed by atoms with Crippen molar-refractivity contribution >= 4 is 27.4 Å². The van der Waals surface area contributed by atoms with Gasteiger partial charge >= 0.3 is 0 Å². The van der Waals surface area contributed by atoms with Crippen molar-refractivity contribution in [2.24, 2.45) is 0 Å². The Bertz CT molecular complexity index is 1230. The molecule has 0 spiro atoms. The number of ketones is 1. The Morgan fingerprint density at radius 3 is 2.38 bits per heavy atom. The van der Waals surface area contributed by atoms with Crippen molar-refractivity contribution in [3.63, 3.8) is 0 Å². The van der Waals surface area contributed by atoms with E-state index in [0.717, 1.165) is 58.4 Å². The minimum Gasteiger partial charge on any atom is -0.309 e. The normalized spacial score (nSPS) is 13.6. The van der Waals surface area contributed by atoms with Gasteiger partial charge in [-0.05, 0) is 43.9 Å². The number of Topliss-reactive ketones (excluding diaryl/α,β-unsaturated/α-hetero) is 1. The van der Waals surface area contributed by atoms with Gasteiger partial charge in [0.2, 0.25) is 0 Å². The van der Waals surface area contributed by atoms with Gasteiger partial charge in [-0.2, -0.15) is 0 Å². The van der Waals surface area contributed by atoms with E-state index in [9.17, 15) is 4.79 Å². The van der Waals surface area contributed by atoms with Gasteiger partial charge in [-0.3, -0.25) is 4.79 Å². The number of halogens is 1. The van der Waals surface area contributed by atoms with Crippen molar-refractivity contribution in [1.29, 1.82) is 0 Å². The number of benzene rings is 2.